The van der Waals surface area contributed by atoms with Crippen molar-refractivity contribution in [2.45, 2.75) is 19.9 Å². The fraction of sp³-hybridized carbons (Fsp3) is 0.385. The van der Waals surface area contributed by atoms with Crippen LogP contribution in [-0.4, -0.2) is 41.6 Å². The molecule has 0 atom stereocenters. The van der Waals surface area contributed by atoms with Gasteiger partial charge in [-0.1, -0.05) is 6.07 Å². The van der Waals surface area contributed by atoms with Crippen molar-refractivity contribution in [1.29, 1.82) is 0 Å². The number of aromatic hydroxyl groups is 1. The Morgan fingerprint density at radius 1 is 1.42 bits per heavy atom. The standard InChI is InChI=1S/C13H16FNO4/c1-8(2)15(7-11(17)19-3)13(18)12-9(14)5-4-6-10(12)16/h4-6,8,16H,7H2,1-3H3. The highest BCUT2D eigenvalue weighted by atomic mass is 19.1. The lowest BCUT2D eigenvalue weighted by atomic mass is 10.1. The van der Waals surface area contributed by atoms with Crippen molar-refractivity contribution >= 4 is 11.9 Å². The van der Waals surface area contributed by atoms with Gasteiger partial charge in [0.25, 0.3) is 5.91 Å². The van der Waals surface area contributed by atoms with Gasteiger partial charge in [0.2, 0.25) is 0 Å². The van der Waals surface area contributed by atoms with Gasteiger partial charge in [-0.25, -0.2) is 4.39 Å². The van der Waals surface area contributed by atoms with Crippen molar-refractivity contribution in [2.75, 3.05) is 13.7 Å². The van der Waals surface area contributed by atoms with Crippen molar-refractivity contribution in [2.24, 2.45) is 0 Å². The summed E-state index contributed by atoms with van der Waals surface area (Å²) in [4.78, 5) is 24.6. The summed E-state index contributed by atoms with van der Waals surface area (Å²) in [5, 5.41) is 9.58. The SMILES string of the molecule is COC(=O)CN(C(=O)c1c(O)cccc1F)C(C)C. The van der Waals surface area contributed by atoms with Crippen LogP contribution in [-0.2, 0) is 9.53 Å². The van der Waals surface area contributed by atoms with E-state index in [1.807, 2.05) is 0 Å². The molecule has 1 N–H and O–H groups in total. The second-order valence-electron chi connectivity index (χ2n) is 4.24. The molecule has 0 unspecified atom stereocenters. The summed E-state index contributed by atoms with van der Waals surface area (Å²) in [6.45, 7) is 3.05. The van der Waals surface area contributed by atoms with Crippen LogP contribution in [0.1, 0.15) is 24.2 Å². The molecule has 0 heterocycles. The first-order valence-electron chi connectivity index (χ1n) is 5.73. The van der Waals surface area contributed by atoms with E-state index in [-0.39, 0.29) is 12.6 Å². The third-order valence-electron chi connectivity index (χ3n) is 2.62. The van der Waals surface area contributed by atoms with Crippen LogP contribution >= 0.6 is 0 Å². The number of carbonyl (C=O) groups excluding carboxylic acids is 2. The number of methoxy groups -OCH3 is 1. The van der Waals surface area contributed by atoms with Crippen LogP contribution in [0.5, 0.6) is 5.75 Å². The van der Waals surface area contributed by atoms with E-state index >= 15 is 0 Å². The van der Waals surface area contributed by atoms with Crippen molar-refractivity contribution < 1.29 is 23.8 Å². The van der Waals surface area contributed by atoms with E-state index in [1.165, 1.54) is 19.2 Å². The Kier molecular flexibility index (Phi) is 4.86. The zero-order chi connectivity index (χ0) is 14.6. The van der Waals surface area contributed by atoms with E-state index in [0.29, 0.717) is 0 Å². The topological polar surface area (TPSA) is 66.8 Å². The first-order chi connectivity index (χ1) is 8.88. The number of carbonyl (C=O) groups is 2. The Labute approximate surface area is 110 Å². The largest absolute Gasteiger partial charge is 0.507 e. The molecule has 0 aromatic heterocycles. The van der Waals surface area contributed by atoms with Gasteiger partial charge < -0.3 is 14.7 Å². The monoisotopic (exact) mass is 269 g/mol. The summed E-state index contributed by atoms with van der Waals surface area (Å²) in [7, 11) is 1.20. The fourth-order valence-corrected chi connectivity index (χ4v) is 1.56. The van der Waals surface area contributed by atoms with Gasteiger partial charge in [-0.3, -0.25) is 9.59 Å². The number of nitrogens with zero attached hydrogens (tertiary/aromatic N) is 1. The van der Waals surface area contributed by atoms with Crippen LogP contribution in [0.4, 0.5) is 4.39 Å². The van der Waals surface area contributed by atoms with E-state index in [4.69, 9.17) is 0 Å². The number of halogens is 1. The summed E-state index contributed by atoms with van der Waals surface area (Å²) in [6, 6.07) is 3.24. The van der Waals surface area contributed by atoms with E-state index in [9.17, 15) is 19.1 Å². The molecule has 1 aromatic carbocycles. The second kappa shape index (κ2) is 6.17. The molecule has 6 heteroatoms. The molecule has 0 aliphatic heterocycles. The van der Waals surface area contributed by atoms with Gasteiger partial charge in [0.15, 0.2) is 0 Å². The molecule has 0 bridgehead atoms. The molecule has 0 saturated carbocycles. The number of benzene rings is 1. The predicted molar refractivity (Wildman–Crippen MR) is 66.3 cm³/mol. The van der Waals surface area contributed by atoms with Crippen LogP contribution in [0.3, 0.4) is 0 Å². The van der Waals surface area contributed by atoms with Gasteiger partial charge in [-0.15, -0.1) is 0 Å². The van der Waals surface area contributed by atoms with Crippen LogP contribution in [0, 0.1) is 5.82 Å². The summed E-state index contributed by atoms with van der Waals surface area (Å²) >= 11 is 0. The molecular formula is C13H16FNO4. The molecule has 19 heavy (non-hydrogen) atoms. The highest BCUT2D eigenvalue weighted by Gasteiger charge is 2.26. The zero-order valence-corrected chi connectivity index (χ0v) is 11.0. The summed E-state index contributed by atoms with van der Waals surface area (Å²) in [5.41, 5.74) is -0.444. The van der Waals surface area contributed by atoms with Crippen LogP contribution in [0.15, 0.2) is 18.2 Å². The number of hydrogen-bond acceptors (Lipinski definition) is 4. The second-order valence-corrected chi connectivity index (χ2v) is 4.24. The summed E-state index contributed by atoms with van der Waals surface area (Å²) in [6.07, 6.45) is 0. The number of esters is 1. The van der Waals surface area contributed by atoms with Gasteiger partial charge in [0, 0.05) is 6.04 Å². The first-order valence-corrected chi connectivity index (χ1v) is 5.73. The smallest absolute Gasteiger partial charge is 0.325 e. The minimum atomic E-state index is -0.833. The fourth-order valence-electron chi connectivity index (χ4n) is 1.56. The quantitative estimate of drug-likeness (QED) is 0.842. The summed E-state index contributed by atoms with van der Waals surface area (Å²) in [5.74, 6) is -2.66. The third kappa shape index (κ3) is 3.43. The van der Waals surface area contributed by atoms with E-state index in [2.05, 4.69) is 4.74 Å². The predicted octanol–water partition coefficient (Wildman–Crippen LogP) is 1.55. The van der Waals surface area contributed by atoms with E-state index in [1.54, 1.807) is 13.8 Å². The Bertz CT molecular complexity index is 467. The lowest BCUT2D eigenvalue weighted by Gasteiger charge is -2.25. The van der Waals surface area contributed by atoms with Crippen molar-refractivity contribution in [3.63, 3.8) is 0 Å². The number of phenolic OH excluding ortho intramolecular Hbond substituents is 1. The van der Waals surface area contributed by atoms with Crippen LogP contribution in [0.25, 0.3) is 0 Å². The molecule has 1 amide bonds. The molecule has 5 nitrogen and oxygen atoms in total. The number of phenols is 1. The average molecular weight is 269 g/mol. The van der Waals surface area contributed by atoms with Crippen LogP contribution in [0.2, 0.25) is 0 Å². The number of hydrogen-bond donors (Lipinski definition) is 1. The minimum Gasteiger partial charge on any atom is -0.507 e. The van der Waals surface area contributed by atoms with Gasteiger partial charge in [-0.05, 0) is 26.0 Å². The van der Waals surface area contributed by atoms with E-state index < -0.39 is 29.0 Å². The number of rotatable bonds is 4. The van der Waals surface area contributed by atoms with Gasteiger partial charge in [0.05, 0.1) is 7.11 Å². The van der Waals surface area contributed by atoms with Crippen molar-refractivity contribution in [3.05, 3.63) is 29.6 Å². The van der Waals surface area contributed by atoms with Crippen molar-refractivity contribution in [3.8, 4) is 5.75 Å². The Balaban J connectivity index is 3.10. The zero-order valence-electron chi connectivity index (χ0n) is 11.0. The normalized spacial score (nSPS) is 10.4. The van der Waals surface area contributed by atoms with Gasteiger partial charge in [-0.2, -0.15) is 0 Å². The third-order valence-corrected chi connectivity index (χ3v) is 2.62. The van der Waals surface area contributed by atoms with Gasteiger partial charge >= 0.3 is 5.97 Å². The average Bonchev–Trinajstić information content (AvgIpc) is 2.34. The first kappa shape index (κ1) is 14.9. The lowest BCUT2D eigenvalue weighted by molar-refractivity contribution is -0.141. The van der Waals surface area contributed by atoms with E-state index in [0.717, 1.165) is 11.0 Å². The maximum Gasteiger partial charge on any atom is 0.325 e. The highest BCUT2D eigenvalue weighted by Crippen LogP contribution is 2.22. The summed E-state index contributed by atoms with van der Waals surface area (Å²) < 4.78 is 18.1. The van der Waals surface area contributed by atoms with Crippen molar-refractivity contribution in [1.82, 2.24) is 4.90 Å². The molecule has 1 aromatic rings. The maximum absolute atomic E-state index is 13.6. The Hall–Kier alpha value is -2.11. The molecule has 0 saturated heterocycles. The Morgan fingerprint density at radius 3 is 2.53 bits per heavy atom. The molecule has 0 aliphatic carbocycles. The molecule has 104 valence electrons. The molecular weight excluding hydrogens is 253 g/mol. The molecule has 0 aliphatic rings. The Morgan fingerprint density at radius 2 is 2.05 bits per heavy atom. The molecule has 0 fully saturated rings. The number of ether oxygens (including phenoxy) is 1. The lowest BCUT2D eigenvalue weighted by Crippen LogP contribution is -2.41. The van der Waals surface area contributed by atoms with Gasteiger partial charge in [0.1, 0.15) is 23.7 Å². The molecule has 0 radical (unpaired) electrons. The number of amides is 1. The van der Waals surface area contributed by atoms with Crippen LogP contribution < -0.4 is 0 Å². The highest BCUT2D eigenvalue weighted by molar-refractivity contribution is 5.98. The molecule has 0 spiro atoms. The molecule has 1 rings (SSSR count). The maximum atomic E-state index is 13.6. The minimum absolute atomic E-state index is 0.305.